The lowest BCUT2D eigenvalue weighted by Gasteiger charge is -2.35. The lowest BCUT2D eigenvalue weighted by Crippen LogP contribution is -2.58. The van der Waals surface area contributed by atoms with Crippen LogP contribution in [0.4, 0.5) is 0 Å². The molecule has 1 unspecified atom stereocenters. The summed E-state index contributed by atoms with van der Waals surface area (Å²) in [4.78, 5) is 61.1. The van der Waals surface area contributed by atoms with Gasteiger partial charge in [0.25, 0.3) is 5.91 Å². The van der Waals surface area contributed by atoms with E-state index in [1.54, 1.807) is 45.2 Å². The molecule has 210 valence electrons. The average molecular weight is 560 g/mol. The summed E-state index contributed by atoms with van der Waals surface area (Å²) in [7, 11) is -3.55. The molecule has 1 fully saturated rings. The monoisotopic (exact) mass is 559 g/mol. The fourth-order valence-corrected chi connectivity index (χ4v) is 4.75. The molecular formula is C26H33N5O7S. The highest BCUT2D eigenvalue weighted by atomic mass is 32.2. The number of fused-ring (bicyclic) bond motifs is 1. The first kappa shape index (κ1) is 29.7. The molecule has 39 heavy (non-hydrogen) atoms. The Morgan fingerprint density at radius 1 is 1.15 bits per heavy atom. The maximum atomic E-state index is 13.7. The molecule has 2 aromatic rings. The third kappa shape index (κ3) is 8.06. The lowest BCUT2D eigenvalue weighted by molar-refractivity contribution is -0.142. The van der Waals surface area contributed by atoms with Crippen LogP contribution in [0.15, 0.2) is 41.9 Å². The number of carbonyl (C=O) groups is 4. The van der Waals surface area contributed by atoms with Gasteiger partial charge in [0.15, 0.2) is 9.84 Å². The highest BCUT2D eigenvalue weighted by Crippen LogP contribution is 2.26. The van der Waals surface area contributed by atoms with E-state index in [-0.39, 0.29) is 12.2 Å². The van der Waals surface area contributed by atoms with E-state index < -0.39 is 63.5 Å². The number of aromatic nitrogens is 2. The van der Waals surface area contributed by atoms with Gasteiger partial charge in [-0.25, -0.2) is 13.4 Å². The number of amides is 3. The van der Waals surface area contributed by atoms with Crippen molar-refractivity contribution in [2.75, 3.05) is 12.8 Å². The molecule has 3 N–H and O–H groups in total. The summed E-state index contributed by atoms with van der Waals surface area (Å²) in [5.41, 5.74) is 0.540. The van der Waals surface area contributed by atoms with Crippen LogP contribution in [-0.4, -0.2) is 83.0 Å². The molecule has 0 radical (unpaired) electrons. The largest absolute Gasteiger partial charge is 0.481 e. The Balaban J connectivity index is 1.79. The van der Waals surface area contributed by atoms with Crippen LogP contribution in [0.3, 0.4) is 0 Å². The van der Waals surface area contributed by atoms with Crippen molar-refractivity contribution >= 4 is 44.6 Å². The van der Waals surface area contributed by atoms with Crippen LogP contribution >= 0.6 is 0 Å². The van der Waals surface area contributed by atoms with Crippen molar-refractivity contribution in [1.82, 2.24) is 25.5 Å². The SMILES string of the molecule is CC(C)(C)C(NC(=O)c1ccc2ncccc2n1)C(=O)N1CCC[C@@H]1C(=O)N[C@H](/C=C/S(C)(=O)=O)CC(=O)O. The Labute approximate surface area is 226 Å². The Morgan fingerprint density at radius 2 is 1.87 bits per heavy atom. The summed E-state index contributed by atoms with van der Waals surface area (Å²) in [6, 6.07) is 3.62. The van der Waals surface area contributed by atoms with Gasteiger partial charge in [0.05, 0.1) is 23.5 Å². The summed E-state index contributed by atoms with van der Waals surface area (Å²) in [5.74, 6) is -2.85. The number of aliphatic carboxylic acids is 1. The van der Waals surface area contributed by atoms with Crippen LogP contribution in [0.1, 0.15) is 50.5 Å². The van der Waals surface area contributed by atoms with Gasteiger partial charge in [-0.15, -0.1) is 0 Å². The molecule has 2 aromatic heterocycles. The number of carbonyl (C=O) groups excluding carboxylic acids is 3. The molecule has 0 aromatic carbocycles. The quantitative estimate of drug-likeness (QED) is 0.408. The Kier molecular flexibility index (Phi) is 9.05. The second kappa shape index (κ2) is 11.9. The molecule has 0 spiro atoms. The minimum absolute atomic E-state index is 0.113. The average Bonchev–Trinajstić information content (AvgIpc) is 3.34. The standard InChI is InChI=1S/C26H33N5O7S/c1-26(2,3)22(30-23(34)19-10-9-17-18(29-19)7-5-12-27-17)25(36)31-13-6-8-20(31)24(35)28-16(15-21(32)33)11-14-39(4,37)38/h5,7,9-12,14,16,20,22H,6,8,13,15H2,1-4H3,(H,28,35)(H,30,34)(H,32,33)/b14-11+/t16-,20-,22?/m1/s1. The van der Waals surface area contributed by atoms with E-state index in [0.717, 1.165) is 17.7 Å². The van der Waals surface area contributed by atoms with Gasteiger partial charge in [-0.05, 0) is 42.5 Å². The van der Waals surface area contributed by atoms with Crippen LogP contribution in [0, 0.1) is 5.41 Å². The minimum atomic E-state index is -3.55. The number of carboxylic acids is 1. The number of hydrogen-bond donors (Lipinski definition) is 3. The van der Waals surface area contributed by atoms with Gasteiger partial charge in [0.1, 0.15) is 17.8 Å². The first-order valence-electron chi connectivity index (χ1n) is 12.4. The van der Waals surface area contributed by atoms with E-state index in [1.165, 1.54) is 11.0 Å². The zero-order valence-corrected chi connectivity index (χ0v) is 23.1. The van der Waals surface area contributed by atoms with Crippen molar-refractivity contribution in [3.63, 3.8) is 0 Å². The van der Waals surface area contributed by atoms with Crippen molar-refractivity contribution in [2.24, 2.45) is 5.41 Å². The fourth-order valence-electron chi connectivity index (χ4n) is 4.28. The highest BCUT2D eigenvalue weighted by Gasteiger charge is 2.42. The number of sulfone groups is 1. The summed E-state index contributed by atoms with van der Waals surface area (Å²) < 4.78 is 23.0. The molecule has 3 heterocycles. The van der Waals surface area contributed by atoms with Crippen molar-refractivity contribution in [1.29, 1.82) is 0 Å². The van der Waals surface area contributed by atoms with Gasteiger partial charge in [0, 0.05) is 24.4 Å². The molecule has 1 aliphatic rings. The van der Waals surface area contributed by atoms with Crippen LogP contribution in [0.5, 0.6) is 0 Å². The summed E-state index contributed by atoms with van der Waals surface area (Å²) in [6.07, 6.45) is 3.99. The van der Waals surface area contributed by atoms with Crippen molar-refractivity contribution in [3.8, 4) is 0 Å². The summed E-state index contributed by atoms with van der Waals surface area (Å²) in [5, 5.41) is 15.3. The molecule has 1 aliphatic heterocycles. The van der Waals surface area contributed by atoms with Gasteiger partial charge < -0.3 is 20.6 Å². The first-order chi connectivity index (χ1) is 18.2. The maximum Gasteiger partial charge on any atom is 0.305 e. The Morgan fingerprint density at radius 3 is 2.51 bits per heavy atom. The maximum absolute atomic E-state index is 13.7. The van der Waals surface area contributed by atoms with E-state index in [2.05, 4.69) is 20.6 Å². The second-order valence-electron chi connectivity index (χ2n) is 10.6. The molecule has 0 bridgehead atoms. The smallest absolute Gasteiger partial charge is 0.305 e. The molecular weight excluding hydrogens is 526 g/mol. The van der Waals surface area contributed by atoms with Crippen molar-refractivity contribution < 1.29 is 32.7 Å². The van der Waals surface area contributed by atoms with E-state index in [9.17, 15) is 32.7 Å². The number of nitrogens with zero attached hydrogens (tertiary/aromatic N) is 3. The molecule has 0 aliphatic carbocycles. The molecule has 3 rings (SSSR count). The van der Waals surface area contributed by atoms with E-state index >= 15 is 0 Å². The first-order valence-corrected chi connectivity index (χ1v) is 14.3. The molecule has 0 saturated carbocycles. The number of rotatable bonds is 9. The van der Waals surface area contributed by atoms with Crippen molar-refractivity contribution in [3.05, 3.63) is 47.6 Å². The zero-order chi connectivity index (χ0) is 29.0. The molecule has 1 saturated heterocycles. The second-order valence-corrected chi connectivity index (χ2v) is 12.5. The third-order valence-electron chi connectivity index (χ3n) is 6.20. The molecule has 3 amide bonds. The normalized spacial score (nSPS) is 17.6. The number of pyridine rings is 2. The van der Waals surface area contributed by atoms with Crippen LogP contribution in [0.25, 0.3) is 11.0 Å². The number of hydrogen-bond acceptors (Lipinski definition) is 8. The molecule has 13 heteroatoms. The predicted molar refractivity (Wildman–Crippen MR) is 143 cm³/mol. The topological polar surface area (TPSA) is 176 Å². The Hall–Kier alpha value is -3.87. The zero-order valence-electron chi connectivity index (χ0n) is 22.2. The van der Waals surface area contributed by atoms with E-state index in [0.29, 0.717) is 23.9 Å². The molecule has 3 atom stereocenters. The van der Waals surface area contributed by atoms with E-state index in [4.69, 9.17) is 0 Å². The van der Waals surface area contributed by atoms with Crippen LogP contribution < -0.4 is 10.6 Å². The van der Waals surface area contributed by atoms with Crippen molar-refractivity contribution in [2.45, 2.75) is 58.2 Å². The van der Waals surface area contributed by atoms with Crippen LogP contribution in [-0.2, 0) is 24.2 Å². The minimum Gasteiger partial charge on any atom is -0.481 e. The number of likely N-dealkylation sites (tertiary alicyclic amines) is 1. The van der Waals surface area contributed by atoms with Gasteiger partial charge in [-0.3, -0.25) is 24.2 Å². The lowest BCUT2D eigenvalue weighted by atomic mass is 9.85. The molecule has 12 nitrogen and oxygen atoms in total. The fraction of sp³-hybridized carbons (Fsp3) is 0.462. The van der Waals surface area contributed by atoms with Crippen LogP contribution in [0.2, 0.25) is 0 Å². The highest BCUT2D eigenvalue weighted by molar-refractivity contribution is 7.93. The van der Waals surface area contributed by atoms with Gasteiger partial charge in [-0.1, -0.05) is 26.8 Å². The number of carboxylic acid groups (broad SMARTS) is 1. The van der Waals surface area contributed by atoms with Gasteiger partial charge in [-0.2, -0.15) is 0 Å². The number of nitrogens with one attached hydrogen (secondary N) is 2. The van der Waals surface area contributed by atoms with E-state index in [1.807, 2.05) is 0 Å². The third-order valence-corrected chi connectivity index (χ3v) is 6.85. The van der Waals surface area contributed by atoms with Gasteiger partial charge in [0.2, 0.25) is 11.8 Å². The Bertz CT molecular complexity index is 1400. The van der Waals surface area contributed by atoms with Gasteiger partial charge >= 0.3 is 5.97 Å². The summed E-state index contributed by atoms with van der Waals surface area (Å²) in [6.45, 7) is 5.63. The summed E-state index contributed by atoms with van der Waals surface area (Å²) >= 11 is 0. The predicted octanol–water partition coefficient (Wildman–Crippen LogP) is 1.28.